The molecule has 0 saturated heterocycles. The lowest BCUT2D eigenvalue weighted by molar-refractivity contribution is 0.252. The maximum atomic E-state index is 5.57. The minimum absolute atomic E-state index is 0.313. The molecule has 90 valence electrons. The first-order valence-electron chi connectivity index (χ1n) is 7.05. The predicted octanol–water partition coefficient (Wildman–Crippen LogP) is 3.35. The van der Waals surface area contributed by atoms with E-state index < -0.39 is 0 Å². The van der Waals surface area contributed by atoms with Gasteiger partial charge in [0, 0.05) is 6.04 Å². The van der Waals surface area contributed by atoms with E-state index in [1.807, 2.05) is 0 Å². The molecule has 0 aliphatic heterocycles. The second-order valence-electron chi connectivity index (χ2n) is 5.64. The minimum Gasteiger partial charge on any atom is -0.301 e. The molecule has 1 nitrogen and oxygen atoms in total. The van der Waals surface area contributed by atoms with Crippen molar-refractivity contribution < 1.29 is 0 Å². The molecule has 0 heterocycles. The number of hydrogen-bond acceptors (Lipinski definition) is 1. The monoisotopic (exact) mass is 219 g/mol. The minimum atomic E-state index is 0.313. The zero-order valence-electron chi connectivity index (χ0n) is 10.5. The van der Waals surface area contributed by atoms with Gasteiger partial charge in [-0.05, 0) is 43.9 Å². The third-order valence-electron chi connectivity index (χ3n) is 4.22. The predicted molar refractivity (Wildman–Crippen MR) is 69.1 cm³/mol. The van der Waals surface area contributed by atoms with Crippen molar-refractivity contribution >= 4 is 0 Å². The van der Waals surface area contributed by atoms with E-state index in [2.05, 4.69) is 18.2 Å². The maximum absolute atomic E-state index is 5.57. The molecule has 2 saturated carbocycles. The van der Waals surface area contributed by atoms with Crippen LogP contribution in [0, 0.1) is 24.2 Å². The van der Waals surface area contributed by atoms with Gasteiger partial charge in [-0.3, -0.25) is 0 Å². The summed E-state index contributed by atoms with van der Waals surface area (Å²) in [6.45, 7) is 2.21. The Morgan fingerprint density at radius 1 is 1.25 bits per heavy atom. The van der Waals surface area contributed by atoms with Crippen LogP contribution in [0.1, 0.15) is 58.3 Å². The van der Waals surface area contributed by atoms with E-state index in [9.17, 15) is 0 Å². The summed E-state index contributed by atoms with van der Waals surface area (Å²) < 4.78 is 0. The molecule has 0 amide bonds. The quantitative estimate of drug-likeness (QED) is 0.699. The summed E-state index contributed by atoms with van der Waals surface area (Å²) in [4.78, 5) is 0. The van der Waals surface area contributed by atoms with E-state index in [0.717, 1.165) is 18.3 Å². The SMILES string of the molecule is C#CC(CCC)NC1CCCC(C2CC2)C1. The van der Waals surface area contributed by atoms with Gasteiger partial charge in [0.25, 0.3) is 0 Å². The summed E-state index contributed by atoms with van der Waals surface area (Å²) in [7, 11) is 0. The molecule has 2 aliphatic carbocycles. The molecule has 2 aliphatic rings. The Labute approximate surface area is 100 Å². The van der Waals surface area contributed by atoms with Crippen molar-refractivity contribution in [2.45, 2.75) is 70.4 Å². The van der Waals surface area contributed by atoms with E-state index >= 15 is 0 Å². The third-order valence-corrected chi connectivity index (χ3v) is 4.22. The summed E-state index contributed by atoms with van der Waals surface area (Å²) >= 11 is 0. The van der Waals surface area contributed by atoms with Crippen LogP contribution in [0.15, 0.2) is 0 Å². The summed E-state index contributed by atoms with van der Waals surface area (Å²) in [5.41, 5.74) is 0. The van der Waals surface area contributed by atoms with Gasteiger partial charge in [-0.1, -0.05) is 32.1 Å². The fourth-order valence-electron chi connectivity index (χ4n) is 3.16. The van der Waals surface area contributed by atoms with Crippen LogP contribution >= 0.6 is 0 Å². The van der Waals surface area contributed by atoms with Crippen LogP contribution in [0.4, 0.5) is 0 Å². The Balaban J connectivity index is 1.77. The molecular formula is C15H25N. The van der Waals surface area contributed by atoms with E-state index in [4.69, 9.17) is 6.42 Å². The van der Waals surface area contributed by atoms with Crippen molar-refractivity contribution in [2.75, 3.05) is 0 Å². The molecule has 0 aromatic carbocycles. The maximum Gasteiger partial charge on any atom is 0.0688 e. The number of rotatable bonds is 5. The van der Waals surface area contributed by atoms with Crippen LogP contribution in [-0.4, -0.2) is 12.1 Å². The highest BCUT2D eigenvalue weighted by Gasteiger charge is 2.34. The summed E-state index contributed by atoms with van der Waals surface area (Å²) in [5.74, 6) is 4.97. The number of terminal acetylenes is 1. The molecule has 1 N–H and O–H groups in total. The number of hydrogen-bond donors (Lipinski definition) is 1. The average Bonchev–Trinajstić information content (AvgIpc) is 3.13. The van der Waals surface area contributed by atoms with Crippen molar-refractivity contribution in [3.63, 3.8) is 0 Å². The molecule has 2 rings (SSSR count). The van der Waals surface area contributed by atoms with Crippen LogP contribution in [-0.2, 0) is 0 Å². The van der Waals surface area contributed by atoms with Crippen molar-refractivity contribution in [1.29, 1.82) is 0 Å². The topological polar surface area (TPSA) is 12.0 Å². The lowest BCUT2D eigenvalue weighted by Crippen LogP contribution is -2.40. The van der Waals surface area contributed by atoms with E-state index in [0.29, 0.717) is 12.1 Å². The first kappa shape index (κ1) is 12.0. The Morgan fingerprint density at radius 2 is 2.06 bits per heavy atom. The Bertz CT molecular complexity index is 249. The van der Waals surface area contributed by atoms with Crippen LogP contribution in [0.5, 0.6) is 0 Å². The molecule has 0 aromatic heterocycles. The second kappa shape index (κ2) is 5.73. The Kier molecular flexibility index (Phi) is 4.29. The lowest BCUT2D eigenvalue weighted by Gasteiger charge is -2.31. The van der Waals surface area contributed by atoms with Gasteiger partial charge in [-0.25, -0.2) is 0 Å². The average molecular weight is 219 g/mol. The molecular weight excluding hydrogens is 194 g/mol. The van der Waals surface area contributed by atoms with Crippen LogP contribution in [0.25, 0.3) is 0 Å². The highest BCUT2D eigenvalue weighted by molar-refractivity contribution is 5.00. The van der Waals surface area contributed by atoms with Gasteiger partial charge in [0.15, 0.2) is 0 Å². The smallest absolute Gasteiger partial charge is 0.0688 e. The normalized spacial score (nSPS) is 32.0. The molecule has 3 atom stereocenters. The zero-order valence-corrected chi connectivity index (χ0v) is 10.5. The largest absolute Gasteiger partial charge is 0.301 e. The highest BCUT2D eigenvalue weighted by atomic mass is 14.9. The van der Waals surface area contributed by atoms with E-state index in [1.165, 1.54) is 44.9 Å². The van der Waals surface area contributed by atoms with Crippen LogP contribution < -0.4 is 5.32 Å². The first-order chi connectivity index (χ1) is 7.83. The molecule has 0 aromatic rings. The van der Waals surface area contributed by atoms with Crippen LogP contribution in [0.3, 0.4) is 0 Å². The fraction of sp³-hybridized carbons (Fsp3) is 0.867. The van der Waals surface area contributed by atoms with Crippen molar-refractivity contribution in [2.24, 2.45) is 11.8 Å². The molecule has 0 bridgehead atoms. The molecule has 0 radical (unpaired) electrons. The molecule has 1 heteroatoms. The Hall–Kier alpha value is -0.480. The summed E-state index contributed by atoms with van der Waals surface area (Å²) in [5, 5.41) is 3.68. The van der Waals surface area contributed by atoms with Gasteiger partial charge in [-0.15, -0.1) is 6.42 Å². The Morgan fingerprint density at radius 3 is 2.69 bits per heavy atom. The van der Waals surface area contributed by atoms with Gasteiger partial charge in [0.05, 0.1) is 6.04 Å². The molecule has 16 heavy (non-hydrogen) atoms. The van der Waals surface area contributed by atoms with Gasteiger partial charge in [0.2, 0.25) is 0 Å². The first-order valence-corrected chi connectivity index (χ1v) is 7.05. The van der Waals surface area contributed by atoms with Crippen molar-refractivity contribution in [3.05, 3.63) is 0 Å². The molecule has 0 spiro atoms. The third kappa shape index (κ3) is 3.25. The highest BCUT2D eigenvalue weighted by Crippen LogP contribution is 2.43. The van der Waals surface area contributed by atoms with E-state index in [-0.39, 0.29) is 0 Å². The molecule has 3 unspecified atom stereocenters. The van der Waals surface area contributed by atoms with Gasteiger partial charge < -0.3 is 5.32 Å². The summed E-state index contributed by atoms with van der Waals surface area (Å²) in [6, 6.07) is 1.01. The zero-order chi connectivity index (χ0) is 11.4. The lowest BCUT2D eigenvalue weighted by atomic mass is 9.82. The van der Waals surface area contributed by atoms with Gasteiger partial charge >= 0.3 is 0 Å². The van der Waals surface area contributed by atoms with Crippen LogP contribution in [0.2, 0.25) is 0 Å². The van der Waals surface area contributed by atoms with E-state index in [1.54, 1.807) is 0 Å². The van der Waals surface area contributed by atoms with Crippen molar-refractivity contribution in [3.8, 4) is 12.3 Å². The van der Waals surface area contributed by atoms with Gasteiger partial charge in [0.1, 0.15) is 0 Å². The number of nitrogens with one attached hydrogen (secondary N) is 1. The standard InChI is InChI=1S/C15H25N/c1-3-6-14(4-2)16-15-8-5-7-13(11-15)12-9-10-12/h2,12-16H,3,5-11H2,1H3. The summed E-state index contributed by atoms with van der Waals surface area (Å²) in [6.07, 6.45) is 16.5. The van der Waals surface area contributed by atoms with Crippen molar-refractivity contribution in [1.82, 2.24) is 5.32 Å². The molecule has 2 fully saturated rings. The second-order valence-corrected chi connectivity index (χ2v) is 5.64. The van der Waals surface area contributed by atoms with Gasteiger partial charge in [-0.2, -0.15) is 0 Å². The fourth-order valence-corrected chi connectivity index (χ4v) is 3.16.